The molecule has 0 saturated carbocycles. The highest BCUT2D eigenvalue weighted by Gasteiger charge is 2.24. The number of hydroxylamine groups is 1. The Balaban J connectivity index is 1.93. The summed E-state index contributed by atoms with van der Waals surface area (Å²) in [5.41, 5.74) is 4.00. The second kappa shape index (κ2) is 8.00. The summed E-state index contributed by atoms with van der Waals surface area (Å²) in [7, 11) is 0. The van der Waals surface area contributed by atoms with Crippen molar-refractivity contribution in [2.75, 3.05) is 5.32 Å². The molecule has 1 amide bonds. The standard InChI is InChI=1S/C20H28N2O5/c1-19(2,3)25-17(23)12-15-11-16(22-27-15)13-7-9-14(10-8-13)21-18(24)26-20(4,5)6/h7-11,15,22H,12H2,1-6H3,(H,21,24). The molecule has 2 rings (SSSR count). The summed E-state index contributed by atoms with van der Waals surface area (Å²) in [5.74, 6) is -0.316. The SMILES string of the molecule is CC(C)(C)OC(=O)CC1C=C(c2ccc(NC(=O)OC(C)(C)C)cc2)NO1. The predicted octanol–water partition coefficient (Wildman–Crippen LogP) is 4.01. The van der Waals surface area contributed by atoms with E-state index < -0.39 is 23.4 Å². The van der Waals surface area contributed by atoms with Crippen LogP contribution in [0.15, 0.2) is 30.3 Å². The Labute approximate surface area is 160 Å². The van der Waals surface area contributed by atoms with Gasteiger partial charge in [0.15, 0.2) is 0 Å². The molecule has 1 aromatic carbocycles. The first-order chi connectivity index (χ1) is 12.4. The zero-order valence-corrected chi connectivity index (χ0v) is 16.7. The molecule has 7 nitrogen and oxygen atoms in total. The second-order valence-electron chi connectivity index (χ2n) is 8.33. The quantitative estimate of drug-likeness (QED) is 0.772. The molecule has 7 heteroatoms. The van der Waals surface area contributed by atoms with Crippen molar-refractivity contribution >= 4 is 23.4 Å². The number of amides is 1. The molecule has 0 bridgehead atoms. The molecule has 1 aromatic rings. The predicted molar refractivity (Wildman–Crippen MR) is 103 cm³/mol. The molecule has 1 heterocycles. The van der Waals surface area contributed by atoms with Crippen LogP contribution in [0.1, 0.15) is 53.5 Å². The Morgan fingerprint density at radius 3 is 2.19 bits per heavy atom. The monoisotopic (exact) mass is 376 g/mol. The first-order valence-electron chi connectivity index (χ1n) is 8.87. The van der Waals surface area contributed by atoms with Crippen molar-refractivity contribution in [1.82, 2.24) is 5.48 Å². The van der Waals surface area contributed by atoms with E-state index in [1.165, 1.54) is 0 Å². The van der Waals surface area contributed by atoms with Gasteiger partial charge in [0, 0.05) is 5.69 Å². The van der Waals surface area contributed by atoms with Crippen LogP contribution in [0.2, 0.25) is 0 Å². The van der Waals surface area contributed by atoms with Crippen LogP contribution in [0.3, 0.4) is 0 Å². The summed E-state index contributed by atoms with van der Waals surface area (Å²) in [6.07, 6.45) is 1.07. The van der Waals surface area contributed by atoms with Crippen molar-refractivity contribution in [2.24, 2.45) is 0 Å². The van der Waals surface area contributed by atoms with Gasteiger partial charge in [0.1, 0.15) is 17.3 Å². The van der Waals surface area contributed by atoms with Gasteiger partial charge in [0.2, 0.25) is 0 Å². The fourth-order valence-corrected chi connectivity index (χ4v) is 2.35. The summed E-state index contributed by atoms with van der Waals surface area (Å²) in [6.45, 7) is 10.9. The van der Waals surface area contributed by atoms with Crippen molar-refractivity contribution in [3.05, 3.63) is 35.9 Å². The minimum absolute atomic E-state index is 0.131. The first kappa shape index (κ1) is 20.8. The Morgan fingerprint density at radius 1 is 1.04 bits per heavy atom. The average molecular weight is 376 g/mol. The van der Waals surface area contributed by atoms with E-state index in [4.69, 9.17) is 14.3 Å². The number of hydrogen-bond donors (Lipinski definition) is 2. The molecule has 148 valence electrons. The molecule has 1 aliphatic rings. The molecule has 0 fully saturated rings. The van der Waals surface area contributed by atoms with Gasteiger partial charge in [-0.3, -0.25) is 20.4 Å². The van der Waals surface area contributed by atoms with Crippen LogP contribution >= 0.6 is 0 Å². The minimum Gasteiger partial charge on any atom is -0.460 e. The van der Waals surface area contributed by atoms with Crippen molar-refractivity contribution in [3.63, 3.8) is 0 Å². The summed E-state index contributed by atoms with van der Waals surface area (Å²) in [6, 6.07) is 7.21. The third-order valence-corrected chi connectivity index (χ3v) is 3.30. The van der Waals surface area contributed by atoms with Crippen LogP contribution < -0.4 is 10.8 Å². The molecule has 27 heavy (non-hydrogen) atoms. The fourth-order valence-electron chi connectivity index (χ4n) is 2.35. The van der Waals surface area contributed by atoms with E-state index in [2.05, 4.69) is 10.8 Å². The maximum atomic E-state index is 11.9. The van der Waals surface area contributed by atoms with Gasteiger partial charge in [-0.25, -0.2) is 4.79 Å². The molecule has 0 aromatic heterocycles. The summed E-state index contributed by atoms with van der Waals surface area (Å²) in [5, 5.41) is 2.68. The highest BCUT2D eigenvalue weighted by molar-refractivity contribution is 5.85. The van der Waals surface area contributed by atoms with E-state index in [1.54, 1.807) is 12.1 Å². The van der Waals surface area contributed by atoms with Gasteiger partial charge in [-0.2, -0.15) is 0 Å². The van der Waals surface area contributed by atoms with Gasteiger partial charge in [-0.05, 0) is 65.3 Å². The van der Waals surface area contributed by atoms with Gasteiger partial charge in [-0.1, -0.05) is 12.1 Å². The zero-order chi connectivity index (χ0) is 20.2. The first-order valence-corrected chi connectivity index (χ1v) is 8.87. The van der Waals surface area contributed by atoms with Gasteiger partial charge >= 0.3 is 12.1 Å². The third-order valence-electron chi connectivity index (χ3n) is 3.30. The van der Waals surface area contributed by atoms with Crippen molar-refractivity contribution in [2.45, 2.75) is 65.3 Å². The molecule has 1 aliphatic heterocycles. The summed E-state index contributed by atoms with van der Waals surface area (Å²) in [4.78, 5) is 29.1. The number of nitrogens with one attached hydrogen (secondary N) is 2. The van der Waals surface area contributed by atoms with E-state index in [0.717, 1.165) is 11.3 Å². The highest BCUT2D eigenvalue weighted by atomic mass is 16.7. The van der Waals surface area contributed by atoms with Crippen LogP contribution in [0.4, 0.5) is 10.5 Å². The molecule has 0 aliphatic carbocycles. The maximum absolute atomic E-state index is 11.9. The van der Waals surface area contributed by atoms with Crippen LogP contribution in [0.25, 0.3) is 5.70 Å². The Bertz CT molecular complexity index is 711. The number of carbonyl (C=O) groups is 2. The van der Waals surface area contributed by atoms with E-state index in [0.29, 0.717) is 5.69 Å². The lowest BCUT2D eigenvalue weighted by Crippen LogP contribution is -2.27. The molecule has 0 spiro atoms. The number of benzene rings is 1. The van der Waals surface area contributed by atoms with Crippen LogP contribution in [0, 0.1) is 0 Å². The number of rotatable bonds is 4. The average Bonchev–Trinajstić information content (AvgIpc) is 2.92. The van der Waals surface area contributed by atoms with Crippen molar-refractivity contribution in [1.29, 1.82) is 0 Å². The normalized spacial score (nSPS) is 17.0. The van der Waals surface area contributed by atoms with E-state index in [9.17, 15) is 9.59 Å². The fraction of sp³-hybridized carbons (Fsp3) is 0.500. The molecule has 1 atom stereocenters. The Hall–Kier alpha value is -2.54. The third kappa shape index (κ3) is 7.30. The summed E-state index contributed by atoms with van der Waals surface area (Å²) >= 11 is 0. The van der Waals surface area contributed by atoms with Crippen molar-refractivity contribution in [3.8, 4) is 0 Å². The topological polar surface area (TPSA) is 85.9 Å². The molecular formula is C20H28N2O5. The molecule has 0 saturated heterocycles. The molecule has 2 N–H and O–H groups in total. The maximum Gasteiger partial charge on any atom is 0.412 e. The van der Waals surface area contributed by atoms with Gasteiger partial charge in [-0.15, -0.1) is 0 Å². The number of carbonyl (C=O) groups excluding carboxylic acids is 2. The van der Waals surface area contributed by atoms with Crippen molar-refractivity contribution < 1.29 is 23.9 Å². The highest BCUT2D eigenvalue weighted by Crippen LogP contribution is 2.23. The van der Waals surface area contributed by atoms with Crippen LogP contribution in [-0.2, 0) is 19.1 Å². The van der Waals surface area contributed by atoms with Gasteiger partial charge in [0.25, 0.3) is 0 Å². The van der Waals surface area contributed by atoms with Gasteiger partial charge < -0.3 is 9.47 Å². The lowest BCUT2D eigenvalue weighted by atomic mass is 10.1. The number of ether oxygens (including phenoxy) is 2. The molecule has 1 unspecified atom stereocenters. The van der Waals surface area contributed by atoms with Crippen LogP contribution in [0.5, 0.6) is 0 Å². The lowest BCUT2D eigenvalue weighted by molar-refractivity contribution is -0.157. The Kier molecular flexibility index (Phi) is 6.15. The largest absolute Gasteiger partial charge is 0.460 e. The van der Waals surface area contributed by atoms with E-state index in [-0.39, 0.29) is 12.4 Å². The minimum atomic E-state index is -0.552. The van der Waals surface area contributed by atoms with E-state index in [1.807, 2.05) is 59.8 Å². The lowest BCUT2D eigenvalue weighted by Gasteiger charge is -2.20. The Morgan fingerprint density at radius 2 is 1.63 bits per heavy atom. The number of anilines is 1. The number of hydrogen-bond acceptors (Lipinski definition) is 6. The summed E-state index contributed by atoms with van der Waals surface area (Å²) < 4.78 is 10.5. The number of esters is 1. The van der Waals surface area contributed by atoms with Gasteiger partial charge in [0.05, 0.1) is 12.1 Å². The molecular weight excluding hydrogens is 348 g/mol. The van der Waals surface area contributed by atoms with Crippen LogP contribution in [-0.4, -0.2) is 29.4 Å². The molecule has 0 radical (unpaired) electrons. The second-order valence-corrected chi connectivity index (χ2v) is 8.33. The van der Waals surface area contributed by atoms with E-state index >= 15 is 0 Å². The zero-order valence-electron chi connectivity index (χ0n) is 16.7. The smallest absolute Gasteiger partial charge is 0.412 e.